The molecule has 0 spiro atoms. The van der Waals surface area contributed by atoms with Crippen molar-refractivity contribution in [3.05, 3.63) is 74.3 Å². The number of hydrazone groups is 1. The third kappa shape index (κ3) is 6.99. The van der Waals surface area contributed by atoms with Gasteiger partial charge in [0.2, 0.25) is 0 Å². The Hall–Kier alpha value is -3.29. The van der Waals surface area contributed by atoms with Gasteiger partial charge < -0.3 is 0 Å². The molecule has 2 aromatic carbocycles. The van der Waals surface area contributed by atoms with Gasteiger partial charge in [0.25, 0.3) is 5.69 Å². The van der Waals surface area contributed by atoms with Crippen molar-refractivity contribution in [1.29, 1.82) is 0 Å². The zero-order valence-electron chi connectivity index (χ0n) is 16.5. The van der Waals surface area contributed by atoms with Crippen molar-refractivity contribution in [3.8, 4) is 0 Å². The van der Waals surface area contributed by atoms with Crippen LogP contribution < -0.4 is 5.43 Å². The number of nitro benzene ring substituents is 2. The van der Waals surface area contributed by atoms with Crippen molar-refractivity contribution in [2.75, 3.05) is 5.43 Å². The van der Waals surface area contributed by atoms with Crippen LogP contribution in [0.25, 0.3) is 0 Å². The molecule has 0 aliphatic carbocycles. The fraction of sp³-hybridized carbons (Fsp3) is 0.381. The lowest BCUT2D eigenvalue weighted by molar-refractivity contribution is -0.393. The first-order valence-corrected chi connectivity index (χ1v) is 9.83. The van der Waals surface area contributed by atoms with Gasteiger partial charge in [0.1, 0.15) is 5.69 Å². The molecule has 154 valence electrons. The van der Waals surface area contributed by atoms with Crippen LogP contribution in [0, 0.1) is 20.2 Å². The summed E-state index contributed by atoms with van der Waals surface area (Å²) in [5, 5.41) is 26.6. The van der Waals surface area contributed by atoms with Crippen LogP contribution in [-0.4, -0.2) is 15.6 Å². The number of nitrogens with one attached hydrogen (secondary N) is 1. The summed E-state index contributed by atoms with van der Waals surface area (Å²) < 4.78 is 0. The number of anilines is 1. The van der Waals surface area contributed by atoms with E-state index in [1.807, 2.05) is 30.3 Å². The predicted octanol–water partition coefficient (Wildman–Crippen LogP) is 6.07. The van der Waals surface area contributed by atoms with Crippen LogP contribution in [-0.2, 0) is 0 Å². The molecule has 0 aliphatic heterocycles. The van der Waals surface area contributed by atoms with Crippen molar-refractivity contribution in [1.82, 2.24) is 0 Å². The van der Waals surface area contributed by atoms with Gasteiger partial charge in [-0.1, -0.05) is 69.4 Å². The summed E-state index contributed by atoms with van der Waals surface area (Å²) in [4.78, 5) is 20.9. The number of nitrogens with zero attached hydrogens (tertiary/aromatic N) is 3. The molecule has 2 aromatic rings. The van der Waals surface area contributed by atoms with E-state index in [2.05, 4.69) is 17.5 Å². The lowest BCUT2D eigenvalue weighted by Crippen LogP contribution is -2.06. The van der Waals surface area contributed by atoms with Crippen molar-refractivity contribution < 1.29 is 9.85 Å². The topological polar surface area (TPSA) is 111 Å². The van der Waals surface area contributed by atoms with E-state index in [9.17, 15) is 20.2 Å². The Balaban J connectivity index is 2.16. The maximum Gasteiger partial charge on any atom is 0.301 e. The highest BCUT2D eigenvalue weighted by Crippen LogP contribution is 2.29. The average molecular weight is 398 g/mol. The van der Waals surface area contributed by atoms with E-state index in [0.717, 1.165) is 36.6 Å². The van der Waals surface area contributed by atoms with E-state index in [1.54, 1.807) is 0 Å². The summed E-state index contributed by atoms with van der Waals surface area (Å²) in [6.45, 7) is 2.18. The van der Waals surface area contributed by atoms with E-state index in [1.165, 1.54) is 37.8 Å². The number of unbranched alkanes of at least 4 members (excludes halogenated alkanes) is 5. The maximum atomic E-state index is 11.3. The lowest BCUT2D eigenvalue weighted by Gasteiger charge is -2.09. The van der Waals surface area contributed by atoms with E-state index < -0.39 is 9.85 Å². The maximum absolute atomic E-state index is 11.3. The number of hydrogen-bond donors (Lipinski definition) is 1. The van der Waals surface area contributed by atoms with Gasteiger partial charge in [0.05, 0.1) is 21.6 Å². The third-order valence-electron chi connectivity index (χ3n) is 4.57. The number of hydrogen-bond acceptors (Lipinski definition) is 6. The quantitative estimate of drug-likeness (QED) is 0.202. The summed E-state index contributed by atoms with van der Waals surface area (Å²) in [5.74, 6) is 0. The average Bonchev–Trinajstić information content (AvgIpc) is 2.73. The molecule has 0 unspecified atom stereocenters. The van der Waals surface area contributed by atoms with Gasteiger partial charge in [-0.25, -0.2) is 0 Å². The molecule has 0 saturated heterocycles. The zero-order chi connectivity index (χ0) is 21.1. The molecule has 2 rings (SSSR count). The Morgan fingerprint density at radius 1 is 0.931 bits per heavy atom. The Kier molecular flexibility index (Phi) is 8.75. The van der Waals surface area contributed by atoms with Gasteiger partial charge in [-0.3, -0.25) is 25.7 Å². The van der Waals surface area contributed by atoms with Crippen LogP contribution in [0.2, 0.25) is 0 Å². The molecule has 29 heavy (non-hydrogen) atoms. The van der Waals surface area contributed by atoms with Gasteiger partial charge in [0.15, 0.2) is 0 Å². The van der Waals surface area contributed by atoms with E-state index in [0.29, 0.717) is 0 Å². The molecule has 0 amide bonds. The number of rotatable bonds is 12. The van der Waals surface area contributed by atoms with Crippen molar-refractivity contribution in [2.45, 2.75) is 51.9 Å². The normalized spacial score (nSPS) is 11.3. The Labute approximate surface area is 169 Å². The van der Waals surface area contributed by atoms with E-state index in [-0.39, 0.29) is 17.1 Å². The minimum absolute atomic E-state index is 0.122. The number of benzene rings is 2. The second-order valence-electron chi connectivity index (χ2n) is 6.77. The molecule has 0 heterocycles. The van der Waals surface area contributed by atoms with Gasteiger partial charge in [-0.05, 0) is 24.5 Å². The summed E-state index contributed by atoms with van der Waals surface area (Å²) >= 11 is 0. The van der Waals surface area contributed by atoms with Crippen molar-refractivity contribution in [2.24, 2.45) is 5.10 Å². The molecule has 0 aliphatic rings. The van der Waals surface area contributed by atoms with Crippen LogP contribution in [0.15, 0.2) is 53.6 Å². The van der Waals surface area contributed by atoms with Crippen LogP contribution in [0.4, 0.5) is 17.1 Å². The van der Waals surface area contributed by atoms with Crippen LogP contribution in [0.3, 0.4) is 0 Å². The van der Waals surface area contributed by atoms with Crippen molar-refractivity contribution >= 4 is 22.8 Å². The second-order valence-corrected chi connectivity index (χ2v) is 6.77. The zero-order valence-corrected chi connectivity index (χ0v) is 16.5. The highest BCUT2D eigenvalue weighted by Gasteiger charge is 2.19. The highest BCUT2D eigenvalue weighted by molar-refractivity contribution is 6.01. The Morgan fingerprint density at radius 2 is 1.62 bits per heavy atom. The molecule has 0 bridgehead atoms. The molecule has 0 saturated carbocycles. The first kappa shape index (κ1) is 22.0. The molecule has 8 heteroatoms. The van der Waals surface area contributed by atoms with Gasteiger partial charge >= 0.3 is 5.69 Å². The SMILES string of the molecule is CCCCCCCCC(=NNc1ccc([N+](=O)[O-])cc1[N+](=O)[O-])c1ccccc1. The predicted molar refractivity (Wildman–Crippen MR) is 114 cm³/mol. The van der Waals surface area contributed by atoms with Gasteiger partial charge in [-0.15, -0.1) is 0 Å². The molecular formula is C21H26N4O4. The fourth-order valence-electron chi connectivity index (χ4n) is 2.98. The van der Waals surface area contributed by atoms with E-state index >= 15 is 0 Å². The number of nitro groups is 2. The standard InChI is InChI=1S/C21H26N4O4/c1-2-3-4-5-6-10-13-19(17-11-8-7-9-12-17)22-23-20-15-14-18(24(26)27)16-21(20)25(28)29/h7-9,11-12,14-16,23H,2-6,10,13H2,1H3. The van der Waals surface area contributed by atoms with Gasteiger partial charge in [0, 0.05) is 6.07 Å². The minimum Gasteiger partial charge on any atom is -0.271 e. The largest absolute Gasteiger partial charge is 0.301 e. The summed E-state index contributed by atoms with van der Waals surface area (Å²) in [6.07, 6.45) is 7.66. The molecule has 0 aromatic heterocycles. The summed E-state index contributed by atoms with van der Waals surface area (Å²) in [5.41, 5.74) is 3.90. The molecule has 0 fully saturated rings. The van der Waals surface area contributed by atoms with Crippen LogP contribution in [0.5, 0.6) is 0 Å². The monoisotopic (exact) mass is 398 g/mol. The summed E-state index contributed by atoms with van der Waals surface area (Å²) in [6, 6.07) is 13.1. The third-order valence-corrected chi connectivity index (χ3v) is 4.57. The summed E-state index contributed by atoms with van der Waals surface area (Å²) in [7, 11) is 0. The molecule has 0 atom stereocenters. The minimum atomic E-state index is -0.659. The molecular weight excluding hydrogens is 372 g/mol. The first-order valence-electron chi connectivity index (χ1n) is 9.83. The highest BCUT2D eigenvalue weighted by atomic mass is 16.6. The van der Waals surface area contributed by atoms with Gasteiger partial charge in [-0.2, -0.15) is 5.10 Å². The second kappa shape index (κ2) is 11.5. The van der Waals surface area contributed by atoms with Crippen molar-refractivity contribution in [3.63, 3.8) is 0 Å². The molecule has 8 nitrogen and oxygen atoms in total. The fourth-order valence-corrected chi connectivity index (χ4v) is 2.98. The van der Waals surface area contributed by atoms with E-state index in [4.69, 9.17) is 0 Å². The Bertz CT molecular complexity index is 853. The molecule has 0 radical (unpaired) electrons. The first-order chi connectivity index (χ1) is 14.0. The smallest absolute Gasteiger partial charge is 0.271 e. The van der Waals surface area contributed by atoms with Crippen LogP contribution >= 0.6 is 0 Å². The van der Waals surface area contributed by atoms with Crippen LogP contribution in [0.1, 0.15) is 57.4 Å². The Morgan fingerprint density at radius 3 is 2.28 bits per heavy atom. The molecule has 1 N–H and O–H groups in total. The lowest BCUT2D eigenvalue weighted by atomic mass is 10.0. The number of non-ortho nitro benzene ring substituents is 1.